The van der Waals surface area contributed by atoms with Crippen LogP contribution in [0.3, 0.4) is 0 Å². The largest absolute Gasteiger partial charge is 0.324 e. The fourth-order valence-corrected chi connectivity index (χ4v) is 3.66. The second-order valence-corrected chi connectivity index (χ2v) is 6.43. The Morgan fingerprint density at radius 1 is 1.32 bits per heavy atom. The Balaban J connectivity index is 1.88. The molecule has 0 N–H and O–H groups in total. The third-order valence-corrected chi connectivity index (χ3v) is 4.79. The number of rotatable bonds is 3. The highest BCUT2D eigenvalue weighted by Gasteiger charge is 2.37. The number of ketones is 1. The van der Waals surface area contributed by atoms with Crippen molar-refractivity contribution in [3.05, 3.63) is 47.0 Å². The van der Waals surface area contributed by atoms with Gasteiger partial charge in [0, 0.05) is 18.5 Å². The molecule has 116 valence electrons. The number of amides is 1. The molecule has 1 aromatic rings. The molecule has 0 spiro atoms. The van der Waals surface area contributed by atoms with E-state index in [0.717, 1.165) is 48.8 Å². The second kappa shape index (κ2) is 6.07. The average molecular weight is 297 g/mol. The molecular weight excluding hydrogens is 274 g/mol. The summed E-state index contributed by atoms with van der Waals surface area (Å²) in [6.07, 6.45) is 5.08. The number of nitrogens with zero attached hydrogens (tertiary/aromatic N) is 1. The van der Waals surface area contributed by atoms with E-state index < -0.39 is 0 Å². The second-order valence-electron chi connectivity index (χ2n) is 6.43. The Morgan fingerprint density at radius 3 is 2.91 bits per heavy atom. The van der Waals surface area contributed by atoms with Crippen molar-refractivity contribution in [2.45, 2.75) is 58.0 Å². The summed E-state index contributed by atoms with van der Waals surface area (Å²) < 4.78 is 0. The van der Waals surface area contributed by atoms with E-state index in [2.05, 4.69) is 19.6 Å². The van der Waals surface area contributed by atoms with Gasteiger partial charge in [-0.1, -0.05) is 37.6 Å². The van der Waals surface area contributed by atoms with E-state index in [4.69, 9.17) is 0 Å². The first kappa shape index (κ1) is 15.0. The van der Waals surface area contributed by atoms with E-state index in [9.17, 15) is 9.59 Å². The summed E-state index contributed by atoms with van der Waals surface area (Å²) in [5.74, 6) is 0.180. The van der Waals surface area contributed by atoms with Gasteiger partial charge in [0.1, 0.15) is 0 Å². The van der Waals surface area contributed by atoms with Crippen molar-refractivity contribution in [2.24, 2.45) is 0 Å². The van der Waals surface area contributed by atoms with Crippen LogP contribution in [-0.2, 0) is 17.8 Å². The van der Waals surface area contributed by atoms with Crippen LogP contribution in [-0.4, -0.2) is 22.6 Å². The first-order valence-corrected chi connectivity index (χ1v) is 8.23. The van der Waals surface area contributed by atoms with E-state index in [1.54, 1.807) is 4.90 Å². The molecule has 1 atom stereocenters. The van der Waals surface area contributed by atoms with Gasteiger partial charge in [-0.2, -0.15) is 0 Å². The van der Waals surface area contributed by atoms with E-state index in [0.29, 0.717) is 13.0 Å². The highest BCUT2D eigenvalue weighted by atomic mass is 16.2. The van der Waals surface area contributed by atoms with Gasteiger partial charge in [-0.3, -0.25) is 9.59 Å². The maximum Gasteiger partial charge on any atom is 0.255 e. The molecule has 0 saturated heterocycles. The minimum absolute atomic E-state index is 0.0267. The molecule has 1 fully saturated rings. The van der Waals surface area contributed by atoms with Crippen LogP contribution in [0.25, 0.3) is 0 Å². The summed E-state index contributed by atoms with van der Waals surface area (Å²) >= 11 is 0. The fraction of sp³-hybridized carbons (Fsp3) is 0.474. The van der Waals surface area contributed by atoms with Crippen molar-refractivity contribution in [2.75, 3.05) is 0 Å². The molecule has 1 heterocycles. The minimum atomic E-state index is -0.270. The normalized spacial score (nSPS) is 22.0. The standard InChI is InChI=1S/C19H23NO2/c1-3-6-14-8-5-9-15-16(14)12-20(19(15)22)17-10-4-7-13(2)11-18(17)21/h5,8-9,17H,2-4,6-7,10-12H2,1H3/t17-/m0/s1. The van der Waals surface area contributed by atoms with Crippen LogP contribution >= 0.6 is 0 Å². The molecule has 1 aliphatic carbocycles. The summed E-state index contributed by atoms with van der Waals surface area (Å²) in [6.45, 7) is 6.70. The zero-order valence-corrected chi connectivity index (χ0v) is 13.2. The average Bonchev–Trinajstić information content (AvgIpc) is 2.72. The van der Waals surface area contributed by atoms with Crippen molar-refractivity contribution in [1.29, 1.82) is 0 Å². The Labute approximate surface area is 132 Å². The molecule has 1 aromatic carbocycles. The van der Waals surface area contributed by atoms with Crippen molar-refractivity contribution in [1.82, 2.24) is 4.90 Å². The quantitative estimate of drug-likeness (QED) is 0.630. The van der Waals surface area contributed by atoms with Crippen LogP contribution in [0.1, 0.15) is 60.5 Å². The maximum absolute atomic E-state index is 12.7. The van der Waals surface area contributed by atoms with Gasteiger partial charge in [0.05, 0.1) is 6.04 Å². The van der Waals surface area contributed by atoms with E-state index in [-0.39, 0.29) is 17.7 Å². The monoisotopic (exact) mass is 297 g/mol. The molecule has 1 saturated carbocycles. The minimum Gasteiger partial charge on any atom is -0.324 e. The highest BCUT2D eigenvalue weighted by molar-refractivity contribution is 6.02. The summed E-state index contributed by atoms with van der Waals surface area (Å²) in [5.41, 5.74) is 4.18. The molecule has 3 heteroatoms. The highest BCUT2D eigenvalue weighted by Crippen LogP contribution is 2.32. The van der Waals surface area contributed by atoms with E-state index in [1.807, 2.05) is 12.1 Å². The van der Waals surface area contributed by atoms with Gasteiger partial charge in [-0.05, 0) is 42.9 Å². The number of fused-ring (bicyclic) bond motifs is 1. The van der Waals surface area contributed by atoms with Gasteiger partial charge in [-0.15, -0.1) is 0 Å². The predicted octanol–water partition coefficient (Wildman–Crippen LogP) is 3.66. The fourth-order valence-electron chi connectivity index (χ4n) is 3.66. The van der Waals surface area contributed by atoms with Gasteiger partial charge in [0.25, 0.3) is 5.91 Å². The summed E-state index contributed by atoms with van der Waals surface area (Å²) in [7, 11) is 0. The van der Waals surface area contributed by atoms with Gasteiger partial charge >= 0.3 is 0 Å². The van der Waals surface area contributed by atoms with Gasteiger partial charge < -0.3 is 4.90 Å². The lowest BCUT2D eigenvalue weighted by molar-refractivity contribution is -0.122. The van der Waals surface area contributed by atoms with Gasteiger partial charge in [0.2, 0.25) is 0 Å². The molecule has 22 heavy (non-hydrogen) atoms. The molecule has 0 bridgehead atoms. The van der Waals surface area contributed by atoms with E-state index in [1.165, 1.54) is 5.56 Å². The molecule has 1 aliphatic heterocycles. The zero-order valence-electron chi connectivity index (χ0n) is 13.2. The lowest BCUT2D eigenvalue weighted by Crippen LogP contribution is -2.40. The molecule has 0 radical (unpaired) electrons. The Kier molecular flexibility index (Phi) is 4.14. The molecule has 2 aliphatic rings. The van der Waals surface area contributed by atoms with Crippen molar-refractivity contribution in [3.63, 3.8) is 0 Å². The number of Topliss-reactive ketones (excluding diaryl/α,β-unsaturated/α-hetero) is 1. The summed E-state index contributed by atoms with van der Waals surface area (Å²) in [4.78, 5) is 27.0. The number of hydrogen-bond donors (Lipinski definition) is 0. The van der Waals surface area contributed by atoms with Crippen LogP contribution in [0.2, 0.25) is 0 Å². The number of benzene rings is 1. The van der Waals surface area contributed by atoms with Crippen LogP contribution in [0, 0.1) is 0 Å². The number of carbonyl (C=O) groups excluding carboxylic acids is 2. The predicted molar refractivity (Wildman–Crippen MR) is 86.7 cm³/mol. The third kappa shape index (κ3) is 2.60. The Morgan fingerprint density at radius 2 is 2.14 bits per heavy atom. The molecule has 0 unspecified atom stereocenters. The molecule has 3 rings (SSSR count). The topological polar surface area (TPSA) is 37.4 Å². The lowest BCUT2D eigenvalue weighted by Gasteiger charge is -2.25. The van der Waals surface area contributed by atoms with Crippen LogP contribution in [0.15, 0.2) is 30.4 Å². The van der Waals surface area contributed by atoms with Crippen molar-refractivity contribution < 1.29 is 9.59 Å². The summed E-state index contributed by atoms with van der Waals surface area (Å²) in [5, 5.41) is 0. The van der Waals surface area contributed by atoms with Crippen molar-refractivity contribution in [3.8, 4) is 0 Å². The lowest BCUT2D eigenvalue weighted by atomic mass is 10.00. The maximum atomic E-state index is 12.7. The van der Waals surface area contributed by atoms with Crippen LogP contribution in [0.5, 0.6) is 0 Å². The number of carbonyl (C=O) groups is 2. The zero-order chi connectivity index (χ0) is 15.7. The van der Waals surface area contributed by atoms with Gasteiger partial charge in [-0.25, -0.2) is 0 Å². The van der Waals surface area contributed by atoms with Crippen LogP contribution in [0.4, 0.5) is 0 Å². The smallest absolute Gasteiger partial charge is 0.255 e. The summed E-state index contributed by atoms with van der Waals surface area (Å²) in [6, 6.07) is 5.70. The molecular formula is C19H23NO2. The van der Waals surface area contributed by atoms with E-state index >= 15 is 0 Å². The number of aryl methyl sites for hydroxylation is 1. The number of hydrogen-bond acceptors (Lipinski definition) is 2. The Bertz CT molecular complexity index is 632. The van der Waals surface area contributed by atoms with Crippen molar-refractivity contribution >= 4 is 11.7 Å². The molecule has 0 aromatic heterocycles. The van der Waals surface area contributed by atoms with Gasteiger partial charge in [0.15, 0.2) is 5.78 Å². The number of allylic oxidation sites excluding steroid dienone is 1. The third-order valence-electron chi connectivity index (χ3n) is 4.79. The van der Waals surface area contributed by atoms with Crippen LogP contribution < -0.4 is 0 Å². The Hall–Kier alpha value is -1.90. The SMILES string of the molecule is C=C1CCC[C@H](N2Cc3c(CCC)cccc3C2=O)C(=O)C1. The molecule has 3 nitrogen and oxygen atoms in total. The molecule has 1 amide bonds. The first-order chi connectivity index (χ1) is 10.6. The first-order valence-electron chi connectivity index (χ1n) is 8.23.